The molecular formula is C8H12Cl2O. The first-order valence-electron chi connectivity index (χ1n) is 3.71. The molecule has 0 aromatic rings. The number of carbonyl (C=O) groups is 1. The van der Waals surface area contributed by atoms with Crippen LogP contribution in [0.25, 0.3) is 0 Å². The summed E-state index contributed by atoms with van der Waals surface area (Å²) in [5.74, 6) is -0.0601. The molecule has 0 rings (SSSR count). The molecule has 3 heteroatoms. The van der Waals surface area contributed by atoms with Crippen LogP contribution in [0.15, 0.2) is 10.6 Å². The second-order valence-electron chi connectivity index (χ2n) is 2.34. The van der Waals surface area contributed by atoms with Crippen molar-refractivity contribution >= 4 is 29.0 Å². The van der Waals surface area contributed by atoms with Gasteiger partial charge in [-0.25, -0.2) is 0 Å². The average molecular weight is 195 g/mol. The fourth-order valence-electron chi connectivity index (χ4n) is 0.716. The van der Waals surface area contributed by atoms with E-state index in [2.05, 4.69) is 6.92 Å². The summed E-state index contributed by atoms with van der Waals surface area (Å²) in [6.07, 6.45) is 3.58. The zero-order valence-electron chi connectivity index (χ0n) is 6.57. The summed E-state index contributed by atoms with van der Waals surface area (Å²) < 4.78 is 0. The molecule has 0 aromatic heterocycles. The third-order valence-electron chi connectivity index (χ3n) is 1.37. The third-order valence-corrected chi connectivity index (χ3v) is 2.02. The first-order chi connectivity index (χ1) is 5.22. The van der Waals surface area contributed by atoms with Gasteiger partial charge in [-0.3, -0.25) is 4.79 Å². The topological polar surface area (TPSA) is 17.1 Å². The SMILES string of the molecule is CCCCCC(=O)C(Cl)=CCl. The van der Waals surface area contributed by atoms with Gasteiger partial charge in [-0.1, -0.05) is 43.0 Å². The zero-order valence-corrected chi connectivity index (χ0v) is 8.08. The number of unbranched alkanes of at least 4 members (excludes halogenated alkanes) is 2. The molecule has 0 atom stereocenters. The summed E-state index contributed by atoms with van der Waals surface area (Å²) in [6.45, 7) is 2.09. The second-order valence-corrected chi connectivity index (χ2v) is 2.96. The van der Waals surface area contributed by atoms with Gasteiger partial charge >= 0.3 is 0 Å². The van der Waals surface area contributed by atoms with Gasteiger partial charge in [-0.15, -0.1) is 0 Å². The lowest BCUT2D eigenvalue weighted by Gasteiger charge is -1.96. The number of halogens is 2. The molecule has 0 heterocycles. The number of Topliss-reactive ketones (excluding diaryl/α,β-unsaturated/α-hetero) is 1. The lowest BCUT2D eigenvalue weighted by atomic mass is 10.1. The predicted molar refractivity (Wildman–Crippen MR) is 48.9 cm³/mol. The van der Waals surface area contributed by atoms with Crippen LogP contribution in [-0.2, 0) is 4.79 Å². The number of hydrogen-bond donors (Lipinski definition) is 0. The maximum absolute atomic E-state index is 11.0. The van der Waals surface area contributed by atoms with Gasteiger partial charge in [-0.05, 0) is 6.42 Å². The fourth-order valence-corrected chi connectivity index (χ4v) is 0.932. The van der Waals surface area contributed by atoms with Crippen molar-refractivity contribution in [3.8, 4) is 0 Å². The highest BCUT2D eigenvalue weighted by molar-refractivity contribution is 6.46. The minimum absolute atomic E-state index is 0.0601. The first-order valence-corrected chi connectivity index (χ1v) is 4.53. The molecule has 0 aliphatic carbocycles. The van der Waals surface area contributed by atoms with Crippen molar-refractivity contribution in [1.29, 1.82) is 0 Å². The zero-order chi connectivity index (χ0) is 8.69. The van der Waals surface area contributed by atoms with Gasteiger partial charge in [-0.2, -0.15) is 0 Å². The van der Waals surface area contributed by atoms with Crippen LogP contribution in [0.5, 0.6) is 0 Å². The quantitative estimate of drug-likeness (QED) is 0.485. The van der Waals surface area contributed by atoms with Crippen molar-refractivity contribution in [1.82, 2.24) is 0 Å². The van der Waals surface area contributed by atoms with E-state index in [4.69, 9.17) is 23.2 Å². The summed E-state index contributed by atoms with van der Waals surface area (Å²) in [6, 6.07) is 0. The number of carbonyl (C=O) groups excluding carboxylic acids is 1. The Morgan fingerprint density at radius 2 is 2.09 bits per heavy atom. The van der Waals surface area contributed by atoms with Gasteiger partial charge in [0.25, 0.3) is 0 Å². The largest absolute Gasteiger partial charge is 0.293 e. The van der Waals surface area contributed by atoms with Crippen LogP contribution < -0.4 is 0 Å². The highest BCUT2D eigenvalue weighted by atomic mass is 35.5. The fraction of sp³-hybridized carbons (Fsp3) is 0.625. The summed E-state index contributed by atoms with van der Waals surface area (Å²) >= 11 is 10.7. The Balaban J connectivity index is 3.53. The Labute approximate surface area is 77.4 Å². The van der Waals surface area contributed by atoms with Crippen LogP contribution in [0.1, 0.15) is 32.6 Å². The molecule has 0 spiro atoms. The average Bonchev–Trinajstić information content (AvgIpc) is 2.03. The number of ketones is 1. The molecule has 0 radical (unpaired) electrons. The normalized spacial score (nSPS) is 11.7. The molecule has 0 saturated heterocycles. The Morgan fingerprint density at radius 3 is 2.55 bits per heavy atom. The molecule has 0 N–H and O–H groups in total. The molecule has 0 amide bonds. The van der Waals surface area contributed by atoms with Crippen molar-refractivity contribution < 1.29 is 4.79 Å². The van der Waals surface area contributed by atoms with E-state index >= 15 is 0 Å². The first kappa shape index (κ1) is 11.0. The maximum atomic E-state index is 11.0. The smallest absolute Gasteiger partial charge is 0.175 e. The molecule has 0 aliphatic rings. The van der Waals surface area contributed by atoms with E-state index in [-0.39, 0.29) is 10.8 Å². The lowest BCUT2D eigenvalue weighted by Crippen LogP contribution is -1.96. The van der Waals surface area contributed by atoms with Gasteiger partial charge in [0.15, 0.2) is 5.78 Å². The van der Waals surface area contributed by atoms with Crippen LogP contribution in [0.2, 0.25) is 0 Å². The number of allylic oxidation sites excluding steroid dienone is 1. The van der Waals surface area contributed by atoms with E-state index in [1.807, 2.05) is 0 Å². The van der Waals surface area contributed by atoms with Crippen LogP contribution >= 0.6 is 23.2 Å². The molecule has 0 aromatic carbocycles. The molecule has 1 nitrogen and oxygen atoms in total. The molecule has 64 valence electrons. The van der Waals surface area contributed by atoms with Crippen LogP contribution in [0, 0.1) is 0 Å². The highest BCUT2D eigenvalue weighted by Gasteiger charge is 2.04. The Morgan fingerprint density at radius 1 is 1.45 bits per heavy atom. The van der Waals surface area contributed by atoms with Crippen molar-refractivity contribution in [2.24, 2.45) is 0 Å². The molecule has 0 bridgehead atoms. The molecule has 0 fully saturated rings. The second kappa shape index (κ2) is 6.68. The molecule has 0 unspecified atom stereocenters. The minimum Gasteiger partial charge on any atom is -0.293 e. The van der Waals surface area contributed by atoms with Gasteiger partial charge in [0.05, 0.1) is 5.03 Å². The Bertz CT molecular complexity index is 152. The van der Waals surface area contributed by atoms with Crippen LogP contribution in [0.3, 0.4) is 0 Å². The van der Waals surface area contributed by atoms with E-state index in [0.29, 0.717) is 6.42 Å². The molecule has 11 heavy (non-hydrogen) atoms. The monoisotopic (exact) mass is 194 g/mol. The number of rotatable bonds is 5. The maximum Gasteiger partial charge on any atom is 0.175 e. The molecular weight excluding hydrogens is 183 g/mol. The van der Waals surface area contributed by atoms with Crippen molar-refractivity contribution in [2.75, 3.05) is 0 Å². The summed E-state index contributed by atoms with van der Waals surface area (Å²) in [5, 5.41) is 0.141. The molecule has 0 saturated carbocycles. The van der Waals surface area contributed by atoms with E-state index < -0.39 is 0 Å². The summed E-state index contributed by atoms with van der Waals surface area (Å²) in [7, 11) is 0. The summed E-state index contributed by atoms with van der Waals surface area (Å²) in [4.78, 5) is 11.0. The van der Waals surface area contributed by atoms with Crippen LogP contribution in [0.4, 0.5) is 0 Å². The van der Waals surface area contributed by atoms with Gasteiger partial charge in [0.1, 0.15) is 0 Å². The number of hydrogen-bond acceptors (Lipinski definition) is 1. The lowest BCUT2D eigenvalue weighted by molar-refractivity contribution is -0.115. The van der Waals surface area contributed by atoms with Crippen LogP contribution in [-0.4, -0.2) is 5.78 Å². The van der Waals surface area contributed by atoms with E-state index in [9.17, 15) is 4.79 Å². The Kier molecular flexibility index (Phi) is 6.68. The van der Waals surface area contributed by atoms with Gasteiger partial charge in [0, 0.05) is 12.0 Å². The predicted octanol–water partition coefficient (Wildman–Crippen LogP) is 3.45. The van der Waals surface area contributed by atoms with E-state index in [0.717, 1.165) is 24.8 Å². The standard InChI is InChI=1S/C8H12Cl2O/c1-2-3-4-5-8(11)7(10)6-9/h6H,2-5H2,1H3. The van der Waals surface area contributed by atoms with Crippen molar-refractivity contribution in [3.63, 3.8) is 0 Å². The third kappa shape index (κ3) is 5.28. The Hall–Kier alpha value is -0.0100. The molecule has 0 aliphatic heterocycles. The summed E-state index contributed by atoms with van der Waals surface area (Å²) in [5.41, 5.74) is 1.12. The van der Waals surface area contributed by atoms with E-state index in [1.54, 1.807) is 0 Å². The van der Waals surface area contributed by atoms with Crippen molar-refractivity contribution in [3.05, 3.63) is 10.6 Å². The van der Waals surface area contributed by atoms with E-state index in [1.165, 1.54) is 0 Å². The van der Waals surface area contributed by atoms with Gasteiger partial charge < -0.3 is 0 Å². The highest BCUT2D eigenvalue weighted by Crippen LogP contribution is 2.10. The minimum atomic E-state index is -0.0601. The van der Waals surface area contributed by atoms with Crippen molar-refractivity contribution in [2.45, 2.75) is 32.6 Å². The van der Waals surface area contributed by atoms with Gasteiger partial charge in [0.2, 0.25) is 0 Å².